The zero-order valence-corrected chi connectivity index (χ0v) is 25.9. The van der Waals surface area contributed by atoms with Crippen molar-refractivity contribution in [1.29, 1.82) is 0 Å². The minimum atomic E-state index is -1.02. The SMILES string of the molecule is O=C(O)[C@@H]1CCCN1C(=O)[C@@H]1CCCN1C(=O)[C@@H]1CCCN1C(=O)[C@H]1CCCN1C(=O)OCC1c2ccccc2-c2ccccc21. The van der Waals surface area contributed by atoms with E-state index in [0.29, 0.717) is 77.5 Å². The number of nitrogens with zero attached hydrogens (tertiary/aromatic N) is 4. The molecular formula is C35H40N4O7. The van der Waals surface area contributed by atoms with Gasteiger partial charge >= 0.3 is 12.1 Å². The molecule has 4 saturated heterocycles. The molecule has 1 N–H and O–H groups in total. The van der Waals surface area contributed by atoms with Gasteiger partial charge in [-0.2, -0.15) is 0 Å². The van der Waals surface area contributed by atoms with Gasteiger partial charge in [-0.25, -0.2) is 9.59 Å². The Labute approximate surface area is 268 Å². The van der Waals surface area contributed by atoms with Crippen molar-refractivity contribution in [3.05, 3.63) is 59.7 Å². The predicted octanol–water partition coefficient (Wildman–Crippen LogP) is 3.46. The first-order chi connectivity index (χ1) is 22.3. The number of aliphatic carboxylic acids is 1. The number of carbonyl (C=O) groups is 5. The van der Waals surface area contributed by atoms with E-state index in [2.05, 4.69) is 24.3 Å². The van der Waals surface area contributed by atoms with Gasteiger partial charge in [-0.15, -0.1) is 0 Å². The van der Waals surface area contributed by atoms with Gasteiger partial charge in [-0.05, 0) is 73.6 Å². The predicted molar refractivity (Wildman–Crippen MR) is 167 cm³/mol. The first kappa shape index (κ1) is 30.3. The Balaban J connectivity index is 1.01. The lowest BCUT2D eigenvalue weighted by atomic mass is 9.98. The zero-order chi connectivity index (χ0) is 31.9. The minimum absolute atomic E-state index is 0.0869. The molecule has 0 spiro atoms. The molecule has 11 heteroatoms. The van der Waals surface area contributed by atoms with E-state index in [0.717, 1.165) is 22.3 Å². The van der Waals surface area contributed by atoms with Crippen molar-refractivity contribution in [3.63, 3.8) is 0 Å². The third-order valence-corrected chi connectivity index (χ3v) is 10.6. The van der Waals surface area contributed by atoms with E-state index in [9.17, 15) is 29.1 Å². The van der Waals surface area contributed by atoms with E-state index in [-0.39, 0.29) is 30.2 Å². The second-order valence-corrected chi connectivity index (χ2v) is 13.1. The molecule has 7 rings (SSSR count). The highest BCUT2D eigenvalue weighted by Gasteiger charge is 2.47. The summed E-state index contributed by atoms with van der Waals surface area (Å²) in [6.07, 6.45) is 3.93. The van der Waals surface area contributed by atoms with Crippen molar-refractivity contribution in [3.8, 4) is 11.1 Å². The fourth-order valence-electron chi connectivity index (χ4n) is 8.35. The minimum Gasteiger partial charge on any atom is -0.480 e. The van der Waals surface area contributed by atoms with Gasteiger partial charge in [0.05, 0.1) is 0 Å². The van der Waals surface area contributed by atoms with Crippen LogP contribution in [0.5, 0.6) is 0 Å². The van der Waals surface area contributed by atoms with Crippen LogP contribution in [-0.4, -0.2) is 111 Å². The van der Waals surface area contributed by atoms with E-state index < -0.39 is 36.2 Å². The van der Waals surface area contributed by atoms with Crippen LogP contribution in [0.3, 0.4) is 0 Å². The number of carboxylic acids is 1. The Morgan fingerprint density at radius 1 is 0.587 bits per heavy atom. The van der Waals surface area contributed by atoms with Crippen LogP contribution < -0.4 is 0 Å². The molecule has 0 saturated carbocycles. The smallest absolute Gasteiger partial charge is 0.410 e. The van der Waals surface area contributed by atoms with Gasteiger partial charge in [0.1, 0.15) is 30.8 Å². The molecule has 0 unspecified atom stereocenters. The summed E-state index contributed by atoms with van der Waals surface area (Å²) in [5.74, 6) is -1.94. The number of fused-ring (bicyclic) bond motifs is 3. The van der Waals surface area contributed by atoms with Crippen LogP contribution in [-0.2, 0) is 23.9 Å². The monoisotopic (exact) mass is 628 g/mol. The fourth-order valence-corrected chi connectivity index (χ4v) is 8.35. The Bertz CT molecular complexity index is 1520. The normalized spacial score (nSPS) is 25.6. The molecule has 11 nitrogen and oxygen atoms in total. The first-order valence-electron chi connectivity index (χ1n) is 16.6. The zero-order valence-electron chi connectivity index (χ0n) is 25.9. The lowest BCUT2D eigenvalue weighted by Gasteiger charge is -2.35. The number of ether oxygens (including phenoxy) is 1. The number of hydrogen-bond acceptors (Lipinski definition) is 6. The van der Waals surface area contributed by atoms with Crippen LogP contribution in [0.15, 0.2) is 48.5 Å². The van der Waals surface area contributed by atoms with E-state index in [1.54, 1.807) is 9.80 Å². The average Bonchev–Trinajstić information content (AvgIpc) is 3.91. The Morgan fingerprint density at radius 3 is 1.46 bits per heavy atom. The van der Waals surface area contributed by atoms with Crippen molar-refractivity contribution in [1.82, 2.24) is 19.6 Å². The number of benzene rings is 2. The van der Waals surface area contributed by atoms with Crippen LogP contribution in [0.2, 0.25) is 0 Å². The van der Waals surface area contributed by atoms with Crippen molar-refractivity contribution in [2.24, 2.45) is 0 Å². The third-order valence-electron chi connectivity index (χ3n) is 10.6. The fraction of sp³-hybridized carbons (Fsp3) is 0.514. The molecule has 4 aliphatic heterocycles. The standard InChI is InChI=1S/C35H40N4O7/c40-31(36-17-6-14-28(36)32(41)38-19-8-16-30(38)34(43)44)27-13-5-18-37(27)33(42)29-15-7-20-39(29)35(45)46-21-26-24-11-3-1-9-22(24)23-10-2-4-12-25(23)26/h1-4,9-12,26-30H,5-8,13-21H2,(H,43,44)/t27-,28-,29+,30-/m0/s1. The molecule has 0 aromatic heterocycles. The topological polar surface area (TPSA) is 128 Å². The maximum Gasteiger partial charge on any atom is 0.410 e. The van der Waals surface area contributed by atoms with Crippen LogP contribution >= 0.6 is 0 Å². The highest BCUT2D eigenvalue weighted by molar-refractivity contribution is 5.95. The van der Waals surface area contributed by atoms with Gasteiger partial charge in [0, 0.05) is 32.1 Å². The highest BCUT2D eigenvalue weighted by Crippen LogP contribution is 2.44. The third kappa shape index (κ3) is 5.19. The van der Waals surface area contributed by atoms with Crippen molar-refractivity contribution in [2.75, 3.05) is 32.8 Å². The molecule has 4 amide bonds. The van der Waals surface area contributed by atoms with E-state index in [1.807, 2.05) is 24.3 Å². The van der Waals surface area contributed by atoms with Crippen molar-refractivity contribution < 1.29 is 33.8 Å². The van der Waals surface area contributed by atoms with Gasteiger partial charge in [0.2, 0.25) is 17.7 Å². The molecule has 5 aliphatic rings. The Hall–Kier alpha value is -4.41. The molecule has 1 aliphatic carbocycles. The molecule has 4 atom stereocenters. The average molecular weight is 629 g/mol. The Kier molecular flexibility index (Phi) is 8.16. The maximum atomic E-state index is 14.0. The van der Waals surface area contributed by atoms with Gasteiger partial charge in [0.15, 0.2) is 0 Å². The molecular weight excluding hydrogens is 588 g/mol. The quantitative estimate of drug-likeness (QED) is 0.519. The van der Waals surface area contributed by atoms with E-state index in [1.165, 1.54) is 9.80 Å². The van der Waals surface area contributed by atoms with E-state index >= 15 is 0 Å². The molecule has 242 valence electrons. The van der Waals surface area contributed by atoms with Crippen LogP contribution in [0.1, 0.15) is 68.4 Å². The lowest BCUT2D eigenvalue weighted by Crippen LogP contribution is -2.56. The number of likely N-dealkylation sites (tertiary alicyclic amines) is 4. The van der Waals surface area contributed by atoms with Crippen LogP contribution in [0, 0.1) is 0 Å². The van der Waals surface area contributed by atoms with Gasteiger partial charge < -0.3 is 24.5 Å². The summed E-state index contributed by atoms with van der Waals surface area (Å²) in [7, 11) is 0. The first-order valence-corrected chi connectivity index (χ1v) is 16.6. The lowest BCUT2D eigenvalue weighted by molar-refractivity contribution is -0.154. The van der Waals surface area contributed by atoms with Gasteiger partial charge in [-0.1, -0.05) is 48.5 Å². The van der Waals surface area contributed by atoms with Gasteiger partial charge in [0.25, 0.3) is 0 Å². The number of carboxylic acid groups (broad SMARTS) is 1. The molecule has 2 aromatic rings. The largest absolute Gasteiger partial charge is 0.480 e. The van der Waals surface area contributed by atoms with Crippen LogP contribution in [0.4, 0.5) is 4.79 Å². The highest BCUT2D eigenvalue weighted by atomic mass is 16.6. The summed E-state index contributed by atoms with van der Waals surface area (Å²) in [5.41, 5.74) is 4.51. The number of rotatable bonds is 6. The Morgan fingerprint density at radius 2 is 0.978 bits per heavy atom. The molecule has 0 radical (unpaired) electrons. The van der Waals surface area contributed by atoms with Crippen molar-refractivity contribution in [2.45, 2.75) is 81.5 Å². The molecule has 0 bridgehead atoms. The molecule has 46 heavy (non-hydrogen) atoms. The van der Waals surface area contributed by atoms with E-state index in [4.69, 9.17) is 4.74 Å². The molecule has 2 aromatic carbocycles. The van der Waals surface area contributed by atoms with Crippen LogP contribution in [0.25, 0.3) is 11.1 Å². The summed E-state index contributed by atoms with van der Waals surface area (Å²) in [6, 6.07) is 13.3. The summed E-state index contributed by atoms with van der Waals surface area (Å²) in [6.45, 7) is 1.75. The number of carbonyl (C=O) groups excluding carboxylic acids is 4. The molecule has 4 heterocycles. The summed E-state index contributed by atoms with van der Waals surface area (Å²) in [4.78, 5) is 72.6. The van der Waals surface area contributed by atoms with Gasteiger partial charge in [-0.3, -0.25) is 19.3 Å². The molecule has 4 fully saturated rings. The second-order valence-electron chi connectivity index (χ2n) is 13.1. The van der Waals surface area contributed by atoms with Crippen molar-refractivity contribution >= 4 is 29.8 Å². The summed E-state index contributed by atoms with van der Waals surface area (Å²) >= 11 is 0. The summed E-state index contributed by atoms with van der Waals surface area (Å²) in [5, 5.41) is 9.59. The maximum absolute atomic E-state index is 14.0. The number of amides is 4. The summed E-state index contributed by atoms with van der Waals surface area (Å²) < 4.78 is 5.89. The number of hydrogen-bond donors (Lipinski definition) is 1. The second kappa shape index (κ2) is 12.4.